The van der Waals surface area contributed by atoms with Gasteiger partial charge < -0.3 is 20.1 Å². The number of morpholine rings is 1. The van der Waals surface area contributed by atoms with Gasteiger partial charge in [-0.05, 0) is 25.5 Å². The first-order valence-electron chi connectivity index (χ1n) is 9.11. The van der Waals surface area contributed by atoms with Crippen molar-refractivity contribution in [2.24, 2.45) is 4.99 Å². The summed E-state index contributed by atoms with van der Waals surface area (Å²) < 4.78 is 46.8. The fourth-order valence-electron chi connectivity index (χ4n) is 2.78. The van der Waals surface area contributed by atoms with Gasteiger partial charge in [-0.1, -0.05) is 0 Å². The summed E-state index contributed by atoms with van der Waals surface area (Å²) in [6, 6.07) is 3.18. The Hall–Kier alpha value is -1.34. The summed E-state index contributed by atoms with van der Waals surface area (Å²) in [5.74, 6) is 0.545. The molecule has 1 saturated heterocycles. The zero-order chi connectivity index (χ0) is 20.6. The highest BCUT2D eigenvalue weighted by Gasteiger charge is 2.29. The second-order valence-corrected chi connectivity index (χ2v) is 7.10. The van der Waals surface area contributed by atoms with E-state index in [-0.39, 0.29) is 35.4 Å². The summed E-state index contributed by atoms with van der Waals surface area (Å²) in [4.78, 5) is 10.4. The fraction of sp³-hybridized carbons (Fsp3) is 0.667. The molecule has 11 heteroatoms. The summed E-state index contributed by atoms with van der Waals surface area (Å²) in [6.07, 6.45) is -2.98. The van der Waals surface area contributed by atoms with Crippen LogP contribution in [0.4, 0.5) is 13.2 Å². The Labute approximate surface area is 186 Å². The molecular weight excluding hydrogens is 502 g/mol. The number of nitrogens with zero attached hydrogens (tertiary/aromatic N) is 3. The summed E-state index contributed by atoms with van der Waals surface area (Å²) in [7, 11) is 1.67. The van der Waals surface area contributed by atoms with E-state index in [1.54, 1.807) is 13.1 Å². The van der Waals surface area contributed by atoms with E-state index >= 15 is 0 Å². The number of rotatable bonds is 7. The Kier molecular flexibility index (Phi) is 10.4. The Morgan fingerprint density at radius 2 is 1.97 bits per heavy atom. The molecule has 2 heterocycles. The topological polar surface area (TPSA) is 71.0 Å². The molecule has 0 spiro atoms. The quantitative estimate of drug-likeness (QED) is 0.320. The van der Waals surface area contributed by atoms with E-state index in [1.807, 2.05) is 0 Å². The Bertz CT molecular complexity index is 653. The average Bonchev–Trinajstić information content (AvgIpc) is 2.67. The van der Waals surface area contributed by atoms with Gasteiger partial charge in [-0.25, -0.2) is 4.98 Å². The van der Waals surface area contributed by atoms with Gasteiger partial charge in [0.05, 0.1) is 13.2 Å². The number of alkyl halides is 3. The normalized spacial score (nSPS) is 16.1. The predicted octanol–water partition coefficient (Wildman–Crippen LogP) is 2.42. The number of hydrogen-bond acceptors (Lipinski definition) is 5. The molecule has 0 atom stereocenters. The van der Waals surface area contributed by atoms with Crippen LogP contribution in [-0.4, -0.2) is 74.1 Å². The van der Waals surface area contributed by atoms with Crippen LogP contribution in [0.2, 0.25) is 0 Å². The van der Waals surface area contributed by atoms with Crippen molar-refractivity contribution in [2.45, 2.75) is 32.1 Å². The van der Waals surface area contributed by atoms with Crippen molar-refractivity contribution in [3.8, 4) is 5.88 Å². The second-order valence-electron chi connectivity index (χ2n) is 7.10. The number of ether oxygens (including phenoxy) is 2. The summed E-state index contributed by atoms with van der Waals surface area (Å²) in [5, 5.41) is 6.45. The zero-order valence-electron chi connectivity index (χ0n) is 16.9. The van der Waals surface area contributed by atoms with Crippen LogP contribution in [0.3, 0.4) is 0 Å². The van der Waals surface area contributed by atoms with Crippen LogP contribution in [0.5, 0.6) is 5.88 Å². The van der Waals surface area contributed by atoms with Crippen molar-refractivity contribution < 1.29 is 22.6 Å². The minimum atomic E-state index is -4.39. The molecule has 7 nitrogen and oxygen atoms in total. The Balaban J connectivity index is 0.00000420. The first-order valence-corrected chi connectivity index (χ1v) is 9.11. The summed E-state index contributed by atoms with van der Waals surface area (Å²) in [5.41, 5.74) is 0.666. The molecule has 2 rings (SSSR count). The van der Waals surface area contributed by atoms with Gasteiger partial charge in [-0.3, -0.25) is 9.89 Å². The van der Waals surface area contributed by atoms with Gasteiger partial charge in [0.25, 0.3) is 0 Å². The van der Waals surface area contributed by atoms with E-state index in [0.29, 0.717) is 19.0 Å². The molecule has 2 N–H and O–H groups in total. The third kappa shape index (κ3) is 9.34. The number of aromatic nitrogens is 1. The molecule has 1 fully saturated rings. The number of guanidine groups is 1. The van der Waals surface area contributed by atoms with Crippen LogP contribution in [0.1, 0.15) is 19.4 Å². The van der Waals surface area contributed by atoms with Crippen LogP contribution < -0.4 is 15.4 Å². The maximum Gasteiger partial charge on any atom is 0.422 e. The minimum Gasteiger partial charge on any atom is -0.468 e. The molecule has 1 aliphatic rings. The van der Waals surface area contributed by atoms with Crippen LogP contribution in [0, 0.1) is 0 Å². The number of aliphatic imine (C=N–C) groups is 1. The van der Waals surface area contributed by atoms with E-state index in [2.05, 4.69) is 44.1 Å². The average molecular weight is 531 g/mol. The molecule has 0 saturated carbocycles. The number of pyridine rings is 1. The van der Waals surface area contributed by atoms with Gasteiger partial charge in [0.1, 0.15) is 0 Å². The van der Waals surface area contributed by atoms with Crippen molar-refractivity contribution in [1.82, 2.24) is 20.5 Å². The van der Waals surface area contributed by atoms with Crippen LogP contribution >= 0.6 is 24.0 Å². The highest BCUT2D eigenvalue weighted by Crippen LogP contribution is 2.18. The monoisotopic (exact) mass is 531 g/mol. The van der Waals surface area contributed by atoms with Gasteiger partial charge in [0.15, 0.2) is 12.6 Å². The van der Waals surface area contributed by atoms with Crippen molar-refractivity contribution >= 4 is 29.9 Å². The van der Waals surface area contributed by atoms with Gasteiger partial charge in [0.2, 0.25) is 5.88 Å². The summed E-state index contributed by atoms with van der Waals surface area (Å²) in [6.45, 7) is 7.25. The maximum absolute atomic E-state index is 12.3. The third-order valence-electron chi connectivity index (χ3n) is 4.42. The molecule has 166 valence electrons. The van der Waals surface area contributed by atoms with E-state index in [0.717, 1.165) is 31.9 Å². The lowest BCUT2D eigenvalue weighted by atomic mass is 10.0. The molecule has 0 amide bonds. The van der Waals surface area contributed by atoms with Gasteiger partial charge >= 0.3 is 6.18 Å². The molecule has 0 radical (unpaired) electrons. The molecule has 0 aliphatic carbocycles. The van der Waals surface area contributed by atoms with Gasteiger partial charge in [-0.15, -0.1) is 24.0 Å². The van der Waals surface area contributed by atoms with Crippen molar-refractivity contribution in [3.63, 3.8) is 0 Å². The van der Waals surface area contributed by atoms with E-state index < -0.39 is 12.8 Å². The van der Waals surface area contributed by atoms with Crippen LogP contribution in [0.25, 0.3) is 0 Å². The molecule has 29 heavy (non-hydrogen) atoms. The van der Waals surface area contributed by atoms with Crippen molar-refractivity contribution in [2.75, 3.05) is 46.5 Å². The molecule has 1 aromatic rings. The van der Waals surface area contributed by atoms with E-state index in [9.17, 15) is 13.2 Å². The third-order valence-corrected chi connectivity index (χ3v) is 4.42. The van der Waals surface area contributed by atoms with Gasteiger partial charge in [0, 0.05) is 51.0 Å². The maximum atomic E-state index is 12.3. The largest absolute Gasteiger partial charge is 0.468 e. The van der Waals surface area contributed by atoms with E-state index in [1.165, 1.54) is 12.3 Å². The van der Waals surface area contributed by atoms with Gasteiger partial charge in [-0.2, -0.15) is 13.2 Å². The molecule has 1 aromatic heterocycles. The molecular formula is C18H29F3IN5O2. The lowest BCUT2D eigenvalue weighted by Crippen LogP contribution is -2.56. The first kappa shape index (κ1) is 25.7. The van der Waals surface area contributed by atoms with Crippen molar-refractivity contribution in [1.29, 1.82) is 0 Å². The standard InChI is InChI=1S/C18H28F3N5O2.HI/c1-17(2,26-6-8-27-9-7-26)12-25-16(22-3)24-11-14-4-5-23-15(10-14)28-13-18(19,20)21;/h4-5,10H,6-9,11-13H2,1-3H3,(H2,22,24,25);1H. The molecule has 0 unspecified atom stereocenters. The zero-order valence-corrected chi connectivity index (χ0v) is 19.2. The predicted molar refractivity (Wildman–Crippen MR) is 116 cm³/mol. The highest BCUT2D eigenvalue weighted by molar-refractivity contribution is 14.0. The van der Waals surface area contributed by atoms with E-state index in [4.69, 9.17) is 4.74 Å². The lowest BCUT2D eigenvalue weighted by molar-refractivity contribution is -0.154. The Morgan fingerprint density at radius 3 is 2.59 bits per heavy atom. The number of halogens is 4. The second kappa shape index (κ2) is 11.7. The lowest BCUT2D eigenvalue weighted by Gasteiger charge is -2.41. The number of nitrogens with one attached hydrogen (secondary N) is 2. The fourth-order valence-corrected chi connectivity index (χ4v) is 2.78. The van der Waals surface area contributed by atoms with Crippen LogP contribution in [-0.2, 0) is 11.3 Å². The van der Waals surface area contributed by atoms with Crippen molar-refractivity contribution in [3.05, 3.63) is 23.9 Å². The molecule has 0 aromatic carbocycles. The first-order chi connectivity index (χ1) is 13.2. The number of hydrogen-bond donors (Lipinski definition) is 2. The Morgan fingerprint density at radius 1 is 1.28 bits per heavy atom. The van der Waals surface area contributed by atoms with Crippen LogP contribution in [0.15, 0.2) is 23.3 Å². The smallest absolute Gasteiger partial charge is 0.422 e. The molecule has 1 aliphatic heterocycles. The summed E-state index contributed by atoms with van der Waals surface area (Å²) >= 11 is 0. The minimum absolute atomic E-state index is 0. The highest BCUT2D eigenvalue weighted by atomic mass is 127. The molecule has 0 bridgehead atoms. The SMILES string of the molecule is CN=C(NCc1ccnc(OCC(F)(F)F)c1)NCC(C)(C)N1CCOCC1.I.